The van der Waals surface area contributed by atoms with Crippen molar-refractivity contribution in [2.45, 2.75) is 4.90 Å². The number of carbonyl (C=O) groups excluding carboxylic acids is 1. The van der Waals surface area contributed by atoms with Gasteiger partial charge in [0.25, 0.3) is 0 Å². The lowest BCUT2D eigenvalue weighted by atomic mass is 10.2. The average molecular weight is 428 g/mol. The SMILES string of the molecule is COc1c(Br)cc(Cl)cc1NCC(=O)N1CCSc2ccccc21. The lowest BCUT2D eigenvalue weighted by Crippen LogP contribution is -2.39. The van der Waals surface area contributed by atoms with Gasteiger partial charge in [-0.15, -0.1) is 11.8 Å². The molecule has 126 valence electrons. The Hall–Kier alpha value is -1.37. The zero-order chi connectivity index (χ0) is 17.1. The summed E-state index contributed by atoms with van der Waals surface area (Å²) in [6.07, 6.45) is 0. The van der Waals surface area contributed by atoms with Crippen molar-refractivity contribution in [2.75, 3.05) is 36.2 Å². The van der Waals surface area contributed by atoms with Crippen LogP contribution in [0.4, 0.5) is 11.4 Å². The highest BCUT2D eigenvalue weighted by atomic mass is 79.9. The monoisotopic (exact) mass is 426 g/mol. The molecule has 0 unspecified atom stereocenters. The maximum atomic E-state index is 12.7. The van der Waals surface area contributed by atoms with Crippen LogP contribution in [0.5, 0.6) is 5.75 Å². The van der Waals surface area contributed by atoms with Crippen molar-refractivity contribution in [1.82, 2.24) is 0 Å². The fraction of sp³-hybridized carbons (Fsp3) is 0.235. The number of benzene rings is 2. The van der Waals surface area contributed by atoms with Crippen molar-refractivity contribution in [3.8, 4) is 5.75 Å². The van der Waals surface area contributed by atoms with Crippen LogP contribution in [0.15, 0.2) is 45.8 Å². The number of nitrogens with zero attached hydrogens (tertiary/aromatic N) is 1. The highest BCUT2D eigenvalue weighted by molar-refractivity contribution is 9.10. The molecule has 3 rings (SSSR count). The van der Waals surface area contributed by atoms with Crippen molar-refractivity contribution in [1.29, 1.82) is 0 Å². The Morgan fingerprint density at radius 1 is 1.42 bits per heavy atom. The van der Waals surface area contributed by atoms with E-state index in [4.69, 9.17) is 16.3 Å². The number of carbonyl (C=O) groups is 1. The van der Waals surface area contributed by atoms with Gasteiger partial charge in [-0.3, -0.25) is 4.79 Å². The summed E-state index contributed by atoms with van der Waals surface area (Å²) in [5.74, 6) is 1.54. The van der Waals surface area contributed by atoms with Crippen LogP contribution in [-0.4, -0.2) is 31.9 Å². The fourth-order valence-electron chi connectivity index (χ4n) is 2.59. The van der Waals surface area contributed by atoms with Crippen molar-refractivity contribution >= 4 is 56.6 Å². The minimum absolute atomic E-state index is 0.0147. The lowest BCUT2D eigenvalue weighted by Gasteiger charge is -2.29. The van der Waals surface area contributed by atoms with E-state index in [1.165, 1.54) is 0 Å². The molecule has 0 atom stereocenters. The molecule has 2 aromatic rings. The molecule has 1 N–H and O–H groups in total. The normalized spacial score (nSPS) is 13.4. The largest absolute Gasteiger partial charge is 0.493 e. The van der Waals surface area contributed by atoms with Crippen LogP contribution in [0, 0.1) is 0 Å². The third-order valence-electron chi connectivity index (χ3n) is 3.67. The summed E-state index contributed by atoms with van der Waals surface area (Å²) >= 11 is 11.3. The second-order valence-electron chi connectivity index (χ2n) is 5.18. The summed E-state index contributed by atoms with van der Waals surface area (Å²) in [5.41, 5.74) is 1.66. The summed E-state index contributed by atoms with van der Waals surface area (Å²) in [7, 11) is 1.58. The first-order chi connectivity index (χ1) is 11.6. The Labute approximate surface area is 158 Å². The molecule has 0 spiro atoms. The predicted octanol–water partition coefficient (Wildman–Crippen LogP) is 4.66. The average Bonchev–Trinajstić information content (AvgIpc) is 2.58. The molecule has 1 heterocycles. The van der Waals surface area contributed by atoms with Gasteiger partial charge in [0.15, 0.2) is 5.75 Å². The number of methoxy groups -OCH3 is 1. The van der Waals surface area contributed by atoms with Crippen molar-refractivity contribution in [2.24, 2.45) is 0 Å². The predicted molar refractivity (Wildman–Crippen MR) is 104 cm³/mol. The van der Waals surface area contributed by atoms with Gasteiger partial charge in [-0.25, -0.2) is 0 Å². The van der Waals surface area contributed by atoms with Gasteiger partial charge < -0.3 is 15.0 Å². The standard InChI is InChI=1S/C17H16BrClN2O2S/c1-23-17-12(18)8-11(19)9-13(17)20-10-16(22)21-6-7-24-15-5-3-2-4-14(15)21/h2-5,8-9,20H,6-7,10H2,1H3. The van der Waals surface area contributed by atoms with E-state index in [1.54, 1.807) is 31.0 Å². The van der Waals surface area contributed by atoms with Gasteiger partial charge in [-0.05, 0) is 40.2 Å². The third-order valence-corrected chi connectivity index (χ3v) is 5.52. The first-order valence-electron chi connectivity index (χ1n) is 7.39. The molecule has 0 aliphatic carbocycles. The van der Waals surface area contributed by atoms with Gasteiger partial charge in [-0.1, -0.05) is 23.7 Å². The zero-order valence-corrected chi connectivity index (χ0v) is 16.2. The zero-order valence-electron chi connectivity index (χ0n) is 13.0. The molecule has 1 aliphatic rings. The summed E-state index contributed by atoms with van der Waals surface area (Å²) in [6.45, 7) is 0.876. The molecular formula is C17H16BrClN2O2S. The Bertz CT molecular complexity index is 772. The van der Waals surface area contributed by atoms with Crippen LogP contribution >= 0.6 is 39.3 Å². The van der Waals surface area contributed by atoms with E-state index in [1.807, 2.05) is 29.2 Å². The van der Waals surface area contributed by atoms with E-state index >= 15 is 0 Å². The number of nitrogens with one attached hydrogen (secondary N) is 1. The number of halogens is 2. The van der Waals surface area contributed by atoms with Crippen LogP contribution in [0.2, 0.25) is 5.02 Å². The van der Waals surface area contributed by atoms with Gasteiger partial charge in [0.05, 0.1) is 29.5 Å². The van der Waals surface area contributed by atoms with Crippen molar-refractivity contribution < 1.29 is 9.53 Å². The van der Waals surface area contributed by atoms with E-state index in [0.29, 0.717) is 23.0 Å². The van der Waals surface area contributed by atoms with E-state index in [9.17, 15) is 4.79 Å². The van der Waals surface area contributed by atoms with Crippen molar-refractivity contribution in [3.63, 3.8) is 0 Å². The number of hydrogen-bond acceptors (Lipinski definition) is 4. The maximum absolute atomic E-state index is 12.7. The first-order valence-corrected chi connectivity index (χ1v) is 9.55. The van der Waals surface area contributed by atoms with Gasteiger partial charge >= 0.3 is 0 Å². The molecule has 0 saturated heterocycles. The number of hydrogen-bond donors (Lipinski definition) is 1. The first kappa shape index (κ1) is 17.5. The van der Waals surface area contributed by atoms with Gasteiger partial charge in [0.2, 0.25) is 5.91 Å². The van der Waals surface area contributed by atoms with Crippen LogP contribution in [-0.2, 0) is 4.79 Å². The fourth-order valence-corrected chi connectivity index (χ4v) is 4.56. The molecular weight excluding hydrogens is 412 g/mol. The van der Waals surface area contributed by atoms with E-state index < -0.39 is 0 Å². The number of ether oxygens (including phenoxy) is 1. The number of para-hydroxylation sites is 1. The Balaban J connectivity index is 1.76. The summed E-state index contributed by atoms with van der Waals surface area (Å²) < 4.78 is 6.11. The molecule has 0 bridgehead atoms. The number of rotatable bonds is 4. The topological polar surface area (TPSA) is 41.6 Å². The van der Waals surface area contributed by atoms with Gasteiger partial charge in [-0.2, -0.15) is 0 Å². The van der Waals surface area contributed by atoms with E-state index in [2.05, 4.69) is 21.2 Å². The second kappa shape index (κ2) is 7.68. The summed E-state index contributed by atoms with van der Waals surface area (Å²) in [5, 5.41) is 3.70. The molecule has 4 nitrogen and oxygen atoms in total. The van der Waals surface area contributed by atoms with Crippen LogP contribution in [0.3, 0.4) is 0 Å². The van der Waals surface area contributed by atoms with Crippen LogP contribution in [0.25, 0.3) is 0 Å². The number of amides is 1. The minimum Gasteiger partial charge on any atom is -0.493 e. The number of anilines is 2. The molecule has 24 heavy (non-hydrogen) atoms. The number of thioether (sulfide) groups is 1. The van der Waals surface area contributed by atoms with Crippen molar-refractivity contribution in [3.05, 3.63) is 45.9 Å². The molecule has 0 fully saturated rings. The van der Waals surface area contributed by atoms with E-state index in [0.717, 1.165) is 20.8 Å². The third kappa shape index (κ3) is 3.66. The van der Waals surface area contributed by atoms with Crippen LogP contribution < -0.4 is 15.0 Å². The quantitative estimate of drug-likeness (QED) is 0.770. The molecule has 0 radical (unpaired) electrons. The Morgan fingerprint density at radius 2 is 2.21 bits per heavy atom. The summed E-state index contributed by atoms with van der Waals surface area (Å²) in [4.78, 5) is 15.6. The lowest BCUT2D eigenvalue weighted by molar-refractivity contribution is -0.117. The Morgan fingerprint density at radius 3 is 3.00 bits per heavy atom. The molecule has 2 aromatic carbocycles. The van der Waals surface area contributed by atoms with E-state index in [-0.39, 0.29) is 12.5 Å². The molecule has 0 saturated carbocycles. The molecule has 1 aliphatic heterocycles. The van der Waals surface area contributed by atoms with Crippen LogP contribution in [0.1, 0.15) is 0 Å². The second-order valence-corrected chi connectivity index (χ2v) is 7.61. The molecule has 0 aromatic heterocycles. The summed E-state index contributed by atoms with van der Waals surface area (Å²) in [6, 6.07) is 11.5. The number of fused-ring (bicyclic) bond motifs is 1. The minimum atomic E-state index is 0.0147. The Kier molecular flexibility index (Phi) is 5.58. The van der Waals surface area contributed by atoms with Gasteiger partial charge in [0, 0.05) is 22.2 Å². The smallest absolute Gasteiger partial charge is 0.246 e. The van der Waals surface area contributed by atoms with Gasteiger partial charge in [0.1, 0.15) is 0 Å². The molecule has 7 heteroatoms. The highest BCUT2D eigenvalue weighted by Crippen LogP contribution is 2.37. The highest BCUT2D eigenvalue weighted by Gasteiger charge is 2.22. The molecule has 1 amide bonds. The maximum Gasteiger partial charge on any atom is 0.246 e.